The summed E-state index contributed by atoms with van der Waals surface area (Å²) < 4.78 is 0. The van der Waals surface area contributed by atoms with Crippen LogP contribution in [0.15, 0.2) is 24.4 Å². The molecule has 2 fully saturated rings. The molecule has 7 nitrogen and oxygen atoms in total. The summed E-state index contributed by atoms with van der Waals surface area (Å²) in [5.74, 6) is 0.394. The molecule has 1 aromatic heterocycles. The Hall–Kier alpha value is -1.70. The van der Waals surface area contributed by atoms with Crippen molar-refractivity contribution in [2.75, 3.05) is 59.0 Å². The summed E-state index contributed by atoms with van der Waals surface area (Å²) >= 11 is 0. The van der Waals surface area contributed by atoms with E-state index in [0.717, 1.165) is 77.3 Å². The number of carbonyl (C=O) groups excluding carboxylic acids is 1. The van der Waals surface area contributed by atoms with Gasteiger partial charge in [-0.3, -0.25) is 9.88 Å². The van der Waals surface area contributed by atoms with Crippen molar-refractivity contribution < 1.29 is 9.90 Å². The molecule has 2 amide bonds. The predicted octanol–water partition coefficient (Wildman–Crippen LogP) is 1.00. The van der Waals surface area contributed by atoms with Crippen LogP contribution in [0.1, 0.15) is 25.0 Å². The van der Waals surface area contributed by atoms with Crippen molar-refractivity contribution in [2.24, 2.45) is 5.92 Å². The Kier molecular flexibility index (Phi) is 7.86. The number of pyridine rings is 1. The highest BCUT2D eigenvalue weighted by Crippen LogP contribution is 2.15. The number of amides is 2. The summed E-state index contributed by atoms with van der Waals surface area (Å²) in [6, 6.07) is 6.05. The largest absolute Gasteiger partial charge is 0.396 e. The molecule has 0 bridgehead atoms. The van der Waals surface area contributed by atoms with Gasteiger partial charge in [0.2, 0.25) is 0 Å². The number of aromatic nitrogens is 1. The molecule has 1 aromatic rings. The molecular formula is C20H33N5O2. The Morgan fingerprint density at radius 1 is 1.15 bits per heavy atom. The number of likely N-dealkylation sites (tertiary alicyclic amines) is 1. The van der Waals surface area contributed by atoms with E-state index in [1.807, 2.05) is 23.2 Å². The number of hydrogen-bond donors (Lipinski definition) is 2. The quantitative estimate of drug-likeness (QED) is 0.776. The number of piperidine rings is 1. The lowest BCUT2D eigenvalue weighted by Crippen LogP contribution is -2.46. The Bertz CT molecular complexity index is 571. The molecule has 0 spiro atoms. The lowest BCUT2D eigenvalue weighted by molar-refractivity contribution is 0.120. The average Bonchev–Trinajstić information content (AvgIpc) is 2.94. The van der Waals surface area contributed by atoms with E-state index in [-0.39, 0.29) is 12.6 Å². The SMILES string of the molecule is O=C(NCCN1CCCC(CO)C1)N1CCCN(Cc2ccccn2)CC1. The highest BCUT2D eigenvalue weighted by atomic mass is 16.3. The third-order valence-electron chi connectivity index (χ3n) is 5.55. The van der Waals surface area contributed by atoms with Crippen LogP contribution >= 0.6 is 0 Å². The lowest BCUT2D eigenvalue weighted by Gasteiger charge is -2.32. The van der Waals surface area contributed by atoms with Gasteiger partial charge < -0.3 is 20.2 Å². The van der Waals surface area contributed by atoms with Gasteiger partial charge in [0.25, 0.3) is 0 Å². The van der Waals surface area contributed by atoms with Gasteiger partial charge in [-0.1, -0.05) is 6.07 Å². The molecule has 27 heavy (non-hydrogen) atoms. The average molecular weight is 376 g/mol. The van der Waals surface area contributed by atoms with Crippen molar-refractivity contribution in [1.82, 2.24) is 25.0 Å². The molecule has 2 aliphatic heterocycles. The van der Waals surface area contributed by atoms with E-state index in [9.17, 15) is 9.90 Å². The molecule has 150 valence electrons. The fourth-order valence-corrected chi connectivity index (χ4v) is 3.99. The second kappa shape index (κ2) is 10.6. The fourth-order valence-electron chi connectivity index (χ4n) is 3.99. The van der Waals surface area contributed by atoms with Gasteiger partial charge in [0.05, 0.1) is 5.69 Å². The van der Waals surface area contributed by atoms with Crippen molar-refractivity contribution in [1.29, 1.82) is 0 Å². The summed E-state index contributed by atoms with van der Waals surface area (Å²) in [5.41, 5.74) is 1.08. The van der Waals surface area contributed by atoms with Gasteiger partial charge in [-0.15, -0.1) is 0 Å². The minimum Gasteiger partial charge on any atom is -0.396 e. The Morgan fingerprint density at radius 3 is 2.85 bits per heavy atom. The number of nitrogens with zero attached hydrogens (tertiary/aromatic N) is 4. The second-order valence-corrected chi connectivity index (χ2v) is 7.66. The molecule has 0 aromatic carbocycles. The van der Waals surface area contributed by atoms with Crippen LogP contribution in [-0.2, 0) is 6.54 Å². The van der Waals surface area contributed by atoms with Gasteiger partial charge >= 0.3 is 6.03 Å². The third kappa shape index (κ3) is 6.45. The Labute approximate surface area is 162 Å². The van der Waals surface area contributed by atoms with Crippen molar-refractivity contribution >= 4 is 6.03 Å². The molecular weight excluding hydrogens is 342 g/mol. The second-order valence-electron chi connectivity index (χ2n) is 7.66. The monoisotopic (exact) mass is 375 g/mol. The summed E-state index contributed by atoms with van der Waals surface area (Å²) in [5, 5.41) is 12.4. The van der Waals surface area contributed by atoms with E-state index in [1.54, 1.807) is 0 Å². The smallest absolute Gasteiger partial charge is 0.317 e. The van der Waals surface area contributed by atoms with Crippen LogP contribution in [0.2, 0.25) is 0 Å². The molecule has 2 N–H and O–H groups in total. The van der Waals surface area contributed by atoms with Crippen molar-refractivity contribution in [2.45, 2.75) is 25.8 Å². The van der Waals surface area contributed by atoms with E-state index in [0.29, 0.717) is 12.5 Å². The van der Waals surface area contributed by atoms with E-state index in [2.05, 4.69) is 26.2 Å². The zero-order valence-electron chi connectivity index (χ0n) is 16.2. The van der Waals surface area contributed by atoms with Gasteiger partial charge in [0.15, 0.2) is 0 Å². The first kappa shape index (κ1) is 20.0. The maximum Gasteiger partial charge on any atom is 0.317 e. The minimum atomic E-state index is 0.0467. The van der Waals surface area contributed by atoms with Crippen LogP contribution < -0.4 is 5.32 Å². The maximum absolute atomic E-state index is 12.5. The number of aliphatic hydroxyl groups excluding tert-OH is 1. The molecule has 0 radical (unpaired) electrons. The molecule has 3 heterocycles. The van der Waals surface area contributed by atoms with E-state index in [1.165, 1.54) is 0 Å². The molecule has 2 aliphatic rings. The van der Waals surface area contributed by atoms with Gasteiger partial charge in [0, 0.05) is 65.2 Å². The Morgan fingerprint density at radius 2 is 2.04 bits per heavy atom. The molecule has 2 saturated heterocycles. The van der Waals surface area contributed by atoms with Crippen LogP contribution in [0.4, 0.5) is 4.79 Å². The van der Waals surface area contributed by atoms with Crippen molar-refractivity contribution in [3.05, 3.63) is 30.1 Å². The van der Waals surface area contributed by atoms with E-state index >= 15 is 0 Å². The fraction of sp³-hybridized carbons (Fsp3) is 0.700. The summed E-state index contributed by atoms with van der Waals surface area (Å²) in [6.45, 7) is 8.11. The lowest BCUT2D eigenvalue weighted by atomic mass is 9.99. The van der Waals surface area contributed by atoms with E-state index < -0.39 is 0 Å². The van der Waals surface area contributed by atoms with Crippen LogP contribution in [-0.4, -0.2) is 89.8 Å². The first-order valence-corrected chi connectivity index (χ1v) is 10.2. The molecule has 1 unspecified atom stereocenters. The highest BCUT2D eigenvalue weighted by Gasteiger charge is 2.21. The molecule has 0 saturated carbocycles. The normalized spacial score (nSPS) is 22.4. The summed E-state index contributed by atoms with van der Waals surface area (Å²) in [7, 11) is 0. The Balaban J connectivity index is 1.36. The zero-order valence-corrected chi connectivity index (χ0v) is 16.2. The first-order chi connectivity index (χ1) is 13.2. The number of urea groups is 1. The zero-order chi connectivity index (χ0) is 18.9. The van der Waals surface area contributed by atoms with E-state index in [4.69, 9.17) is 0 Å². The first-order valence-electron chi connectivity index (χ1n) is 10.2. The van der Waals surface area contributed by atoms with Crippen LogP contribution in [0, 0.1) is 5.92 Å². The topological polar surface area (TPSA) is 71.9 Å². The van der Waals surface area contributed by atoms with Crippen LogP contribution in [0.3, 0.4) is 0 Å². The standard InChI is InChI=1S/C20H33N5O2/c26-17-18-5-3-9-23(15-18)12-8-22-20(27)25-11-4-10-24(13-14-25)16-19-6-1-2-7-21-19/h1-2,6-7,18,26H,3-5,8-17H2,(H,22,27). The maximum atomic E-state index is 12.5. The number of hydrogen-bond acceptors (Lipinski definition) is 5. The molecule has 0 aliphatic carbocycles. The number of carbonyl (C=O) groups is 1. The summed E-state index contributed by atoms with van der Waals surface area (Å²) in [4.78, 5) is 23.6. The summed E-state index contributed by atoms with van der Waals surface area (Å²) in [6.07, 6.45) is 5.07. The van der Waals surface area contributed by atoms with Gasteiger partial charge in [-0.25, -0.2) is 4.79 Å². The highest BCUT2D eigenvalue weighted by molar-refractivity contribution is 5.74. The number of rotatable bonds is 6. The number of nitrogens with one attached hydrogen (secondary N) is 1. The third-order valence-corrected chi connectivity index (χ3v) is 5.55. The minimum absolute atomic E-state index is 0.0467. The molecule has 7 heteroatoms. The van der Waals surface area contributed by atoms with Gasteiger partial charge in [-0.2, -0.15) is 0 Å². The van der Waals surface area contributed by atoms with Gasteiger partial charge in [0.1, 0.15) is 0 Å². The predicted molar refractivity (Wildman–Crippen MR) is 105 cm³/mol. The number of aliphatic hydroxyl groups is 1. The van der Waals surface area contributed by atoms with Crippen LogP contribution in [0.25, 0.3) is 0 Å². The molecule has 1 atom stereocenters. The van der Waals surface area contributed by atoms with Gasteiger partial charge in [-0.05, 0) is 43.9 Å². The van der Waals surface area contributed by atoms with Crippen molar-refractivity contribution in [3.8, 4) is 0 Å². The van der Waals surface area contributed by atoms with Crippen LogP contribution in [0.5, 0.6) is 0 Å². The molecule has 3 rings (SSSR count). The van der Waals surface area contributed by atoms with Crippen molar-refractivity contribution in [3.63, 3.8) is 0 Å².